The van der Waals surface area contributed by atoms with Crippen LogP contribution in [0.4, 0.5) is 13.2 Å². The van der Waals surface area contributed by atoms with Crippen LogP contribution >= 0.6 is 0 Å². The summed E-state index contributed by atoms with van der Waals surface area (Å²) in [7, 11) is 1.53. The molecule has 0 saturated carbocycles. The van der Waals surface area contributed by atoms with Crippen LogP contribution in [0.5, 0.6) is 0 Å². The van der Waals surface area contributed by atoms with Gasteiger partial charge in [0.05, 0.1) is 18.9 Å². The molecule has 2 saturated heterocycles. The Morgan fingerprint density at radius 2 is 2.00 bits per heavy atom. The van der Waals surface area contributed by atoms with Gasteiger partial charge in [-0.25, -0.2) is 17.9 Å². The first-order valence-corrected chi connectivity index (χ1v) is 9.74. The smallest absolute Gasteiger partial charge is 0.194 e. The summed E-state index contributed by atoms with van der Waals surface area (Å²) >= 11 is 0. The van der Waals surface area contributed by atoms with E-state index in [4.69, 9.17) is 25.4 Å². The summed E-state index contributed by atoms with van der Waals surface area (Å²) in [6.45, 7) is 3.85. The highest BCUT2D eigenvalue weighted by Crippen LogP contribution is 2.40. The van der Waals surface area contributed by atoms with Crippen LogP contribution in [-0.2, 0) is 18.9 Å². The van der Waals surface area contributed by atoms with Gasteiger partial charge in [-0.15, -0.1) is 17.4 Å². The lowest BCUT2D eigenvalue weighted by molar-refractivity contribution is -0.349. The van der Waals surface area contributed by atoms with Gasteiger partial charge >= 0.3 is 0 Å². The number of nitrogens with zero attached hydrogens (tertiary/aromatic N) is 3. The molecule has 4 rings (SSSR count). The van der Waals surface area contributed by atoms with E-state index in [9.17, 15) is 13.2 Å². The second-order valence-electron chi connectivity index (χ2n) is 7.94. The summed E-state index contributed by atoms with van der Waals surface area (Å²) in [6, 6.07) is 1.21. The van der Waals surface area contributed by atoms with Gasteiger partial charge in [0.25, 0.3) is 0 Å². The SMILES string of the molecule is C#CC[C@H]1O[C@@H]2COC(C)(C)O[C@@H]2[C@H](n2cc(-c3cc(F)c(F)c(F)c3)nn2)[C@H]1OC. The lowest BCUT2D eigenvalue weighted by Gasteiger charge is -2.50. The molecule has 2 aliphatic rings. The molecule has 0 unspecified atom stereocenters. The van der Waals surface area contributed by atoms with Crippen molar-refractivity contribution in [2.75, 3.05) is 13.7 Å². The molecule has 0 bridgehead atoms. The summed E-state index contributed by atoms with van der Waals surface area (Å²) in [4.78, 5) is 0. The van der Waals surface area contributed by atoms with Gasteiger partial charge in [0, 0.05) is 19.1 Å². The second-order valence-corrected chi connectivity index (χ2v) is 7.94. The number of methoxy groups -OCH3 is 1. The quantitative estimate of drug-likeness (QED) is 0.541. The third-order valence-electron chi connectivity index (χ3n) is 5.46. The van der Waals surface area contributed by atoms with Gasteiger partial charge in [0.2, 0.25) is 0 Å². The fraction of sp³-hybridized carbons (Fsp3) is 0.524. The van der Waals surface area contributed by atoms with Gasteiger partial charge in [-0.2, -0.15) is 0 Å². The molecular weight excluding hydrogens is 415 g/mol. The zero-order valence-corrected chi connectivity index (χ0v) is 17.2. The third-order valence-corrected chi connectivity index (χ3v) is 5.46. The number of hydrogen-bond donors (Lipinski definition) is 0. The minimum atomic E-state index is -1.54. The van der Waals surface area contributed by atoms with Gasteiger partial charge in [-0.05, 0) is 26.0 Å². The average molecular weight is 437 g/mol. The first-order valence-electron chi connectivity index (χ1n) is 9.74. The van der Waals surface area contributed by atoms with Gasteiger partial charge in [0.1, 0.15) is 30.0 Å². The van der Waals surface area contributed by atoms with Crippen molar-refractivity contribution in [2.45, 2.75) is 56.5 Å². The van der Waals surface area contributed by atoms with E-state index >= 15 is 0 Å². The van der Waals surface area contributed by atoms with Crippen molar-refractivity contribution < 1.29 is 32.1 Å². The largest absolute Gasteiger partial charge is 0.376 e. The van der Waals surface area contributed by atoms with Crippen LogP contribution in [-0.4, -0.2) is 58.9 Å². The predicted molar refractivity (Wildman–Crippen MR) is 102 cm³/mol. The van der Waals surface area contributed by atoms with E-state index in [1.807, 2.05) is 0 Å². The standard InChI is InChI=1S/C21H22F3N3O4/c1-5-6-15-19(28-4)18(20-16(30-15)10-29-21(2,3)31-20)27-9-14(25-26-27)11-7-12(22)17(24)13(23)8-11/h1,7-9,15-16,18-20H,6,10H2,2-4H3/t15-,16-,18-,19+,20+/m1/s1. The van der Waals surface area contributed by atoms with Crippen molar-refractivity contribution in [3.8, 4) is 23.6 Å². The maximum Gasteiger partial charge on any atom is 0.194 e. The van der Waals surface area contributed by atoms with E-state index < -0.39 is 53.7 Å². The monoisotopic (exact) mass is 437 g/mol. The van der Waals surface area contributed by atoms with Crippen molar-refractivity contribution in [3.05, 3.63) is 35.8 Å². The van der Waals surface area contributed by atoms with E-state index in [0.717, 1.165) is 12.1 Å². The highest BCUT2D eigenvalue weighted by atomic mass is 19.2. The predicted octanol–water partition coefficient (Wildman–Crippen LogP) is 2.86. The summed E-state index contributed by atoms with van der Waals surface area (Å²) in [5.41, 5.74) is 0.212. The average Bonchev–Trinajstić information content (AvgIpc) is 3.20. The number of benzene rings is 1. The van der Waals surface area contributed by atoms with Gasteiger partial charge in [-0.3, -0.25) is 0 Å². The highest BCUT2D eigenvalue weighted by molar-refractivity contribution is 5.57. The maximum absolute atomic E-state index is 13.7. The molecule has 5 atom stereocenters. The number of rotatable bonds is 4. The molecule has 2 aliphatic heterocycles. The molecule has 0 aliphatic carbocycles. The van der Waals surface area contributed by atoms with Crippen LogP contribution in [0.3, 0.4) is 0 Å². The van der Waals surface area contributed by atoms with Crippen LogP contribution in [0.15, 0.2) is 18.3 Å². The molecule has 10 heteroatoms. The van der Waals surface area contributed by atoms with Crippen LogP contribution in [0, 0.1) is 29.8 Å². The second kappa shape index (κ2) is 8.24. The van der Waals surface area contributed by atoms with Crippen LogP contribution in [0.1, 0.15) is 26.3 Å². The molecule has 0 N–H and O–H groups in total. The van der Waals surface area contributed by atoms with E-state index in [1.165, 1.54) is 18.0 Å². The molecule has 7 nitrogen and oxygen atoms in total. The maximum atomic E-state index is 13.7. The molecule has 3 heterocycles. The molecule has 1 aromatic heterocycles. The van der Waals surface area contributed by atoms with Crippen molar-refractivity contribution >= 4 is 0 Å². The van der Waals surface area contributed by atoms with E-state index in [1.54, 1.807) is 13.8 Å². The van der Waals surface area contributed by atoms with Gasteiger partial charge in [-0.1, -0.05) is 5.21 Å². The van der Waals surface area contributed by atoms with Gasteiger partial charge in [0.15, 0.2) is 23.2 Å². The van der Waals surface area contributed by atoms with Crippen molar-refractivity contribution in [1.29, 1.82) is 0 Å². The molecule has 0 spiro atoms. The summed E-state index contributed by atoms with van der Waals surface area (Å²) < 4.78 is 65.9. The van der Waals surface area contributed by atoms with E-state index in [2.05, 4.69) is 16.2 Å². The summed E-state index contributed by atoms with van der Waals surface area (Å²) in [6.07, 6.45) is 5.36. The first-order chi connectivity index (χ1) is 14.7. The molecule has 2 fully saturated rings. The van der Waals surface area contributed by atoms with Crippen molar-refractivity contribution in [3.63, 3.8) is 0 Å². The number of hydrogen-bond acceptors (Lipinski definition) is 6. The van der Waals surface area contributed by atoms with Crippen molar-refractivity contribution in [2.24, 2.45) is 0 Å². The number of ether oxygens (including phenoxy) is 4. The topological polar surface area (TPSA) is 67.6 Å². The Hall–Kier alpha value is -2.45. The fourth-order valence-corrected chi connectivity index (χ4v) is 4.06. The van der Waals surface area contributed by atoms with Crippen LogP contribution in [0.25, 0.3) is 11.3 Å². The minimum Gasteiger partial charge on any atom is -0.376 e. The molecule has 1 aromatic carbocycles. The lowest BCUT2D eigenvalue weighted by atomic mass is 9.90. The Kier molecular flexibility index (Phi) is 5.79. The van der Waals surface area contributed by atoms with E-state index in [-0.39, 0.29) is 24.3 Å². The minimum absolute atomic E-state index is 0.0497. The molecule has 0 amide bonds. The van der Waals surface area contributed by atoms with Crippen LogP contribution in [0.2, 0.25) is 0 Å². The summed E-state index contributed by atoms with van der Waals surface area (Å²) in [5, 5.41) is 8.17. The molecule has 31 heavy (non-hydrogen) atoms. The Morgan fingerprint density at radius 1 is 1.29 bits per heavy atom. The Bertz CT molecular complexity index is 983. The van der Waals surface area contributed by atoms with Crippen LogP contribution < -0.4 is 0 Å². The normalized spacial score (nSPS) is 29.9. The number of fused-ring (bicyclic) bond motifs is 1. The number of halogens is 3. The molecular formula is C21H22F3N3O4. The Morgan fingerprint density at radius 3 is 2.65 bits per heavy atom. The molecule has 166 valence electrons. The zero-order valence-electron chi connectivity index (χ0n) is 17.2. The number of terminal acetylenes is 1. The van der Waals surface area contributed by atoms with Crippen molar-refractivity contribution in [1.82, 2.24) is 15.0 Å². The van der Waals surface area contributed by atoms with E-state index in [0.29, 0.717) is 0 Å². The molecule has 2 aromatic rings. The Balaban J connectivity index is 1.73. The van der Waals surface area contributed by atoms with Gasteiger partial charge < -0.3 is 18.9 Å². The third kappa shape index (κ3) is 4.06. The Labute approximate surface area is 177 Å². The lowest BCUT2D eigenvalue weighted by Crippen LogP contribution is -2.62. The number of aromatic nitrogens is 3. The highest BCUT2D eigenvalue weighted by Gasteiger charge is 2.52. The zero-order chi connectivity index (χ0) is 22.3. The first kappa shape index (κ1) is 21.8. The fourth-order valence-electron chi connectivity index (χ4n) is 4.06. The molecule has 0 radical (unpaired) electrons. The summed E-state index contributed by atoms with van der Waals surface area (Å²) in [5.74, 6) is -2.45.